The molecule has 3 N–H and O–H groups in total. The molecule has 0 heterocycles. The summed E-state index contributed by atoms with van der Waals surface area (Å²) in [6.07, 6.45) is 4.51. The van der Waals surface area contributed by atoms with E-state index in [9.17, 15) is 34.2 Å². The third kappa shape index (κ3) is 6.11. The highest BCUT2D eigenvalue weighted by Gasteiger charge is 2.68. The second kappa shape index (κ2) is 12.8. The minimum absolute atomic E-state index is 0.00823. The Kier molecular flexibility index (Phi) is 9.38. The van der Waals surface area contributed by atoms with Crippen molar-refractivity contribution in [2.24, 2.45) is 28.6 Å². The molecule has 1 amide bonds. The highest BCUT2D eigenvalue weighted by Crippen LogP contribution is 2.67. The molecule has 4 aliphatic rings. The van der Waals surface area contributed by atoms with E-state index in [0.29, 0.717) is 19.3 Å². The molecule has 0 unspecified atom stereocenters. The third-order valence-corrected chi connectivity index (χ3v) is 11.5. The number of fused-ring (bicyclic) bond motifs is 5. The summed E-state index contributed by atoms with van der Waals surface area (Å²) in [6, 6.07) is 8.21. The Balaban J connectivity index is 1.16. The predicted octanol–water partition coefficient (Wildman–Crippen LogP) is 3.01. The Morgan fingerprint density at radius 3 is 2.49 bits per heavy atom. The molecule has 0 bridgehead atoms. The quantitative estimate of drug-likeness (QED) is 0.334. The van der Waals surface area contributed by atoms with Gasteiger partial charge in [-0.25, -0.2) is 4.79 Å². The van der Waals surface area contributed by atoms with E-state index < -0.39 is 53.4 Å². The maximum Gasteiger partial charge on any atom is 0.328 e. The van der Waals surface area contributed by atoms with E-state index in [0.717, 1.165) is 24.0 Å². The lowest BCUT2D eigenvalue weighted by Gasteiger charge is -2.60. The van der Waals surface area contributed by atoms with Crippen LogP contribution in [0.25, 0.3) is 0 Å². The number of ether oxygens (including phenoxy) is 2. The average molecular weight is 624 g/mol. The van der Waals surface area contributed by atoms with Crippen molar-refractivity contribution in [1.29, 1.82) is 0 Å². The topological polar surface area (TPSA) is 156 Å². The highest BCUT2D eigenvalue weighted by molar-refractivity contribution is 5.92. The Morgan fingerprint density at radius 1 is 1.04 bits per heavy atom. The van der Waals surface area contributed by atoms with Crippen LogP contribution in [0.2, 0.25) is 0 Å². The van der Waals surface area contributed by atoms with Gasteiger partial charge in [-0.1, -0.05) is 49.8 Å². The van der Waals surface area contributed by atoms with Gasteiger partial charge in [-0.15, -0.1) is 0 Å². The van der Waals surface area contributed by atoms with Crippen molar-refractivity contribution in [2.75, 3.05) is 13.7 Å². The number of carbonyl (C=O) groups excluding carboxylic acids is 5. The van der Waals surface area contributed by atoms with Gasteiger partial charge in [0.15, 0.2) is 12.4 Å². The Bertz CT molecular complexity index is 1370. The summed E-state index contributed by atoms with van der Waals surface area (Å²) in [5, 5.41) is 26.0. The molecule has 0 radical (unpaired) electrons. The number of hydrogen-bond donors (Lipinski definition) is 3. The molecule has 1 aromatic rings. The summed E-state index contributed by atoms with van der Waals surface area (Å²) < 4.78 is 10.0. The van der Waals surface area contributed by atoms with E-state index in [1.165, 1.54) is 7.11 Å². The summed E-state index contributed by atoms with van der Waals surface area (Å²) >= 11 is 0. The molecule has 1 aromatic carbocycles. The second-order valence-electron chi connectivity index (χ2n) is 13.9. The minimum Gasteiger partial charge on any atom is -0.467 e. The molecular weight excluding hydrogens is 578 g/mol. The van der Waals surface area contributed by atoms with Crippen LogP contribution >= 0.6 is 0 Å². The fourth-order valence-electron chi connectivity index (χ4n) is 9.16. The van der Waals surface area contributed by atoms with Gasteiger partial charge in [0.25, 0.3) is 0 Å². The number of methoxy groups -OCH3 is 1. The van der Waals surface area contributed by atoms with Gasteiger partial charge in [-0.05, 0) is 73.3 Å². The lowest BCUT2D eigenvalue weighted by atomic mass is 9.45. The van der Waals surface area contributed by atoms with Gasteiger partial charge in [-0.3, -0.25) is 19.2 Å². The van der Waals surface area contributed by atoms with Gasteiger partial charge < -0.3 is 25.0 Å². The summed E-state index contributed by atoms with van der Waals surface area (Å²) in [6.45, 7) is 3.40. The molecule has 3 fully saturated rings. The van der Waals surface area contributed by atoms with Crippen LogP contribution in [0.1, 0.15) is 77.2 Å². The molecule has 5 rings (SSSR count). The normalized spacial score (nSPS) is 34.3. The summed E-state index contributed by atoms with van der Waals surface area (Å²) in [7, 11) is 1.23. The van der Waals surface area contributed by atoms with Crippen LogP contribution in [0, 0.1) is 28.6 Å². The number of aliphatic hydroxyl groups is 2. The van der Waals surface area contributed by atoms with Crippen molar-refractivity contribution in [3.05, 3.63) is 47.5 Å². The second-order valence-corrected chi connectivity index (χ2v) is 13.9. The first-order valence-corrected chi connectivity index (χ1v) is 16.1. The molecule has 10 nitrogen and oxygen atoms in total. The van der Waals surface area contributed by atoms with Crippen LogP contribution in [-0.2, 0) is 39.9 Å². The Morgan fingerprint density at radius 2 is 1.78 bits per heavy atom. The number of benzene rings is 1. The molecular formula is C35H45NO9. The summed E-state index contributed by atoms with van der Waals surface area (Å²) in [5.74, 6) is -2.31. The van der Waals surface area contributed by atoms with Crippen molar-refractivity contribution in [3.8, 4) is 0 Å². The molecule has 0 saturated heterocycles. The molecule has 45 heavy (non-hydrogen) atoms. The molecule has 8 atom stereocenters. The smallest absolute Gasteiger partial charge is 0.328 e. The first kappa shape index (κ1) is 33.0. The SMILES string of the molecule is COC(=O)[C@H](Cc1ccccc1)NC(=O)CCC(=O)OCC(=O)[C@@]1(O)CC[C@H]2[C@@H]3CCC4=CC(=O)CC[C@]4(C)[C@H]3[C@@H](O)C[C@@]21C. The van der Waals surface area contributed by atoms with Crippen LogP contribution in [0.15, 0.2) is 42.0 Å². The average Bonchev–Trinajstić information content (AvgIpc) is 3.29. The van der Waals surface area contributed by atoms with Crippen molar-refractivity contribution < 1.29 is 43.7 Å². The number of amides is 1. The zero-order chi connectivity index (χ0) is 32.6. The van der Waals surface area contributed by atoms with Gasteiger partial charge >= 0.3 is 11.9 Å². The van der Waals surface area contributed by atoms with E-state index in [-0.39, 0.29) is 61.1 Å². The number of nitrogens with one attached hydrogen (secondary N) is 1. The van der Waals surface area contributed by atoms with Crippen LogP contribution in [0.5, 0.6) is 0 Å². The number of ketones is 2. The molecule has 0 aromatic heterocycles. The van der Waals surface area contributed by atoms with Crippen LogP contribution in [-0.4, -0.2) is 71.1 Å². The van der Waals surface area contributed by atoms with Gasteiger partial charge in [0.05, 0.1) is 19.6 Å². The Hall–Kier alpha value is -3.37. The Labute approximate surface area is 263 Å². The number of hydrogen-bond acceptors (Lipinski definition) is 9. The predicted molar refractivity (Wildman–Crippen MR) is 162 cm³/mol. The lowest BCUT2D eigenvalue weighted by Crippen LogP contribution is -2.62. The van der Waals surface area contributed by atoms with Crippen molar-refractivity contribution >= 4 is 29.4 Å². The molecule has 0 aliphatic heterocycles. The monoisotopic (exact) mass is 623 g/mol. The molecule has 0 spiro atoms. The maximum absolute atomic E-state index is 13.5. The standard InChI is InChI=1S/C35H45NO9/c1-33-15-13-23(37)18-22(33)9-10-24-25-14-16-35(43,34(25,2)19-27(38)31(24)33)28(39)20-45-30(41)12-11-29(40)36-26(32(42)44-3)17-21-7-5-4-6-8-21/h4-8,18,24-27,31,38,43H,9-17,19-20H2,1-3H3,(H,36,40)/t24-,25-,26-,27-,31+,33-,34-,35-/m0/s1. The first-order valence-electron chi connectivity index (χ1n) is 16.1. The lowest BCUT2D eigenvalue weighted by molar-refractivity contribution is -0.184. The summed E-state index contributed by atoms with van der Waals surface area (Å²) in [4.78, 5) is 63.0. The van der Waals surface area contributed by atoms with E-state index in [1.54, 1.807) is 6.08 Å². The van der Waals surface area contributed by atoms with Gasteiger partial charge in [0, 0.05) is 24.7 Å². The summed E-state index contributed by atoms with van der Waals surface area (Å²) in [5.41, 5.74) is -0.975. The fourth-order valence-corrected chi connectivity index (χ4v) is 9.16. The van der Waals surface area contributed by atoms with Gasteiger partial charge in [0.1, 0.15) is 11.6 Å². The molecule has 4 aliphatic carbocycles. The molecule has 3 saturated carbocycles. The number of rotatable bonds is 10. The van der Waals surface area contributed by atoms with Gasteiger partial charge in [-0.2, -0.15) is 0 Å². The maximum atomic E-state index is 13.5. The van der Waals surface area contributed by atoms with Gasteiger partial charge in [0.2, 0.25) is 11.7 Å². The van der Waals surface area contributed by atoms with E-state index in [4.69, 9.17) is 9.47 Å². The highest BCUT2D eigenvalue weighted by atomic mass is 16.5. The van der Waals surface area contributed by atoms with E-state index in [1.807, 2.05) is 37.3 Å². The zero-order valence-corrected chi connectivity index (χ0v) is 26.4. The zero-order valence-electron chi connectivity index (χ0n) is 26.4. The van der Waals surface area contributed by atoms with Crippen molar-refractivity contribution in [1.82, 2.24) is 5.32 Å². The van der Waals surface area contributed by atoms with E-state index in [2.05, 4.69) is 12.2 Å². The van der Waals surface area contributed by atoms with Crippen LogP contribution < -0.4 is 5.32 Å². The molecule has 244 valence electrons. The number of Topliss-reactive ketones (excluding diaryl/α,β-unsaturated/α-hetero) is 1. The van der Waals surface area contributed by atoms with Crippen LogP contribution in [0.4, 0.5) is 0 Å². The van der Waals surface area contributed by atoms with Crippen molar-refractivity contribution in [2.45, 2.75) is 95.8 Å². The number of carbonyl (C=O) groups is 5. The number of esters is 2. The van der Waals surface area contributed by atoms with Crippen molar-refractivity contribution in [3.63, 3.8) is 0 Å². The number of aliphatic hydroxyl groups excluding tert-OH is 1. The number of allylic oxidation sites excluding steroid dienone is 1. The fraction of sp³-hybridized carbons (Fsp3) is 0.629. The van der Waals surface area contributed by atoms with Crippen LogP contribution in [0.3, 0.4) is 0 Å². The largest absolute Gasteiger partial charge is 0.467 e. The minimum atomic E-state index is -1.76. The first-order chi connectivity index (χ1) is 21.3. The third-order valence-electron chi connectivity index (χ3n) is 11.5. The van der Waals surface area contributed by atoms with E-state index >= 15 is 0 Å². The molecule has 10 heteroatoms.